The third-order valence-corrected chi connectivity index (χ3v) is 4.36. The van der Waals surface area contributed by atoms with Gasteiger partial charge in [0.15, 0.2) is 0 Å². The molecule has 116 valence electrons. The predicted molar refractivity (Wildman–Crippen MR) is 88.6 cm³/mol. The highest BCUT2D eigenvalue weighted by molar-refractivity contribution is 5.98. The molecule has 3 nitrogen and oxygen atoms in total. The Morgan fingerprint density at radius 1 is 1.29 bits per heavy atom. The lowest BCUT2D eigenvalue weighted by atomic mass is 9.87. The van der Waals surface area contributed by atoms with E-state index in [0.717, 1.165) is 37.9 Å². The summed E-state index contributed by atoms with van der Waals surface area (Å²) in [5, 5.41) is 6.50. The molecule has 1 heterocycles. The van der Waals surface area contributed by atoms with Gasteiger partial charge in [-0.25, -0.2) is 0 Å². The molecule has 0 aliphatic carbocycles. The van der Waals surface area contributed by atoms with Gasteiger partial charge in [0.05, 0.1) is 5.54 Å². The molecule has 0 radical (unpaired) electrons. The van der Waals surface area contributed by atoms with Gasteiger partial charge in [-0.05, 0) is 48.9 Å². The van der Waals surface area contributed by atoms with E-state index < -0.39 is 0 Å². The first kappa shape index (κ1) is 16.0. The molecule has 1 aromatic rings. The normalized spacial score (nSPS) is 22.3. The van der Waals surface area contributed by atoms with Crippen molar-refractivity contribution in [3.05, 3.63) is 29.8 Å². The summed E-state index contributed by atoms with van der Waals surface area (Å²) in [4.78, 5) is 12.6. The zero-order valence-electron chi connectivity index (χ0n) is 13.8. The Morgan fingerprint density at radius 3 is 2.43 bits per heavy atom. The summed E-state index contributed by atoms with van der Waals surface area (Å²) in [6.07, 6.45) is 3.94. The van der Waals surface area contributed by atoms with Gasteiger partial charge in [-0.15, -0.1) is 0 Å². The van der Waals surface area contributed by atoms with Crippen molar-refractivity contribution in [1.82, 2.24) is 5.32 Å². The SMILES string of the molecule is CCCC1(C(=O)Nc2ccc(C(C)(C)C)cc2)CCCN1. The van der Waals surface area contributed by atoms with E-state index in [4.69, 9.17) is 0 Å². The predicted octanol–water partition coefficient (Wildman–Crippen LogP) is 3.84. The summed E-state index contributed by atoms with van der Waals surface area (Å²) in [6.45, 7) is 9.65. The van der Waals surface area contributed by atoms with Crippen LogP contribution in [0.15, 0.2) is 24.3 Å². The van der Waals surface area contributed by atoms with Crippen LogP contribution in [-0.4, -0.2) is 18.0 Å². The third kappa shape index (κ3) is 3.65. The van der Waals surface area contributed by atoms with Gasteiger partial charge in [0, 0.05) is 5.69 Å². The van der Waals surface area contributed by atoms with Crippen LogP contribution in [0.5, 0.6) is 0 Å². The fourth-order valence-corrected chi connectivity index (χ4v) is 3.06. The average Bonchev–Trinajstić information content (AvgIpc) is 2.89. The number of carbonyl (C=O) groups is 1. The van der Waals surface area contributed by atoms with Crippen LogP contribution < -0.4 is 10.6 Å². The van der Waals surface area contributed by atoms with E-state index in [2.05, 4.69) is 50.5 Å². The molecule has 1 unspecified atom stereocenters. The van der Waals surface area contributed by atoms with E-state index in [1.54, 1.807) is 0 Å². The number of nitrogens with one attached hydrogen (secondary N) is 2. The van der Waals surface area contributed by atoms with E-state index in [-0.39, 0.29) is 16.9 Å². The summed E-state index contributed by atoms with van der Waals surface area (Å²) in [5.41, 5.74) is 1.94. The second-order valence-corrected chi connectivity index (χ2v) is 7.14. The molecule has 21 heavy (non-hydrogen) atoms. The molecule has 0 bridgehead atoms. The van der Waals surface area contributed by atoms with Gasteiger partial charge < -0.3 is 10.6 Å². The molecule has 1 aliphatic heterocycles. The maximum Gasteiger partial charge on any atom is 0.244 e. The second-order valence-electron chi connectivity index (χ2n) is 7.14. The molecule has 1 saturated heterocycles. The molecule has 2 rings (SSSR count). The quantitative estimate of drug-likeness (QED) is 0.883. The molecule has 3 heteroatoms. The Balaban J connectivity index is 2.08. The lowest BCUT2D eigenvalue weighted by Gasteiger charge is -2.28. The maximum absolute atomic E-state index is 12.6. The number of benzene rings is 1. The van der Waals surface area contributed by atoms with Crippen molar-refractivity contribution in [2.24, 2.45) is 0 Å². The lowest BCUT2D eigenvalue weighted by molar-refractivity contribution is -0.122. The smallest absolute Gasteiger partial charge is 0.244 e. The molecular weight excluding hydrogens is 260 g/mol. The minimum Gasteiger partial charge on any atom is -0.324 e. The molecule has 1 aliphatic rings. The zero-order valence-corrected chi connectivity index (χ0v) is 13.8. The van der Waals surface area contributed by atoms with Crippen LogP contribution in [0.3, 0.4) is 0 Å². The number of hydrogen-bond acceptors (Lipinski definition) is 2. The maximum atomic E-state index is 12.6. The second kappa shape index (κ2) is 6.18. The van der Waals surface area contributed by atoms with E-state index >= 15 is 0 Å². The number of hydrogen-bond donors (Lipinski definition) is 2. The van der Waals surface area contributed by atoms with Gasteiger partial charge in [0.25, 0.3) is 0 Å². The van der Waals surface area contributed by atoms with Crippen LogP contribution >= 0.6 is 0 Å². The first-order valence-electron chi connectivity index (χ1n) is 8.04. The molecule has 1 aromatic carbocycles. The fourth-order valence-electron chi connectivity index (χ4n) is 3.06. The largest absolute Gasteiger partial charge is 0.324 e. The van der Waals surface area contributed by atoms with Crippen molar-refractivity contribution in [2.75, 3.05) is 11.9 Å². The molecule has 0 saturated carbocycles. The van der Waals surface area contributed by atoms with Gasteiger partial charge in [-0.1, -0.05) is 46.2 Å². The first-order valence-corrected chi connectivity index (χ1v) is 8.04. The minimum atomic E-state index is -0.364. The number of anilines is 1. The Hall–Kier alpha value is -1.35. The van der Waals surface area contributed by atoms with Crippen LogP contribution in [0.1, 0.15) is 58.9 Å². The molecule has 0 spiro atoms. The van der Waals surface area contributed by atoms with Crippen molar-refractivity contribution < 1.29 is 4.79 Å². The Labute approximate surface area is 128 Å². The summed E-state index contributed by atoms with van der Waals surface area (Å²) < 4.78 is 0. The number of amides is 1. The van der Waals surface area contributed by atoms with E-state index in [9.17, 15) is 4.79 Å². The first-order chi connectivity index (χ1) is 9.87. The van der Waals surface area contributed by atoms with E-state index in [1.165, 1.54) is 5.56 Å². The molecule has 2 N–H and O–H groups in total. The van der Waals surface area contributed by atoms with Crippen LogP contribution in [-0.2, 0) is 10.2 Å². The molecular formula is C18H28N2O. The van der Waals surface area contributed by atoms with Gasteiger partial charge in [-0.2, -0.15) is 0 Å². The topological polar surface area (TPSA) is 41.1 Å². The van der Waals surface area contributed by atoms with Crippen molar-refractivity contribution in [3.8, 4) is 0 Å². The highest BCUT2D eigenvalue weighted by Crippen LogP contribution is 2.27. The molecule has 1 amide bonds. The van der Waals surface area contributed by atoms with Crippen LogP contribution in [0, 0.1) is 0 Å². The summed E-state index contributed by atoms with van der Waals surface area (Å²) in [7, 11) is 0. The summed E-state index contributed by atoms with van der Waals surface area (Å²) in [5.74, 6) is 0.116. The molecule has 0 aromatic heterocycles. The van der Waals surface area contributed by atoms with Gasteiger partial charge in [0.1, 0.15) is 0 Å². The number of rotatable bonds is 4. The van der Waals surface area contributed by atoms with Crippen molar-refractivity contribution in [1.29, 1.82) is 0 Å². The Kier molecular flexibility index (Phi) is 4.72. The third-order valence-electron chi connectivity index (χ3n) is 4.36. The highest BCUT2D eigenvalue weighted by Gasteiger charge is 2.39. The van der Waals surface area contributed by atoms with Gasteiger partial charge in [-0.3, -0.25) is 4.79 Å². The van der Waals surface area contributed by atoms with Gasteiger partial charge in [0.2, 0.25) is 5.91 Å². The van der Waals surface area contributed by atoms with E-state index in [0.29, 0.717) is 0 Å². The lowest BCUT2D eigenvalue weighted by Crippen LogP contribution is -2.50. The van der Waals surface area contributed by atoms with Crippen LogP contribution in [0.25, 0.3) is 0 Å². The van der Waals surface area contributed by atoms with Crippen molar-refractivity contribution in [2.45, 2.75) is 64.3 Å². The minimum absolute atomic E-state index is 0.116. The van der Waals surface area contributed by atoms with Crippen LogP contribution in [0.2, 0.25) is 0 Å². The van der Waals surface area contributed by atoms with Crippen LogP contribution in [0.4, 0.5) is 5.69 Å². The highest BCUT2D eigenvalue weighted by atomic mass is 16.2. The van der Waals surface area contributed by atoms with E-state index in [1.807, 2.05) is 12.1 Å². The average molecular weight is 288 g/mol. The molecule has 1 atom stereocenters. The summed E-state index contributed by atoms with van der Waals surface area (Å²) in [6, 6.07) is 8.22. The van der Waals surface area contributed by atoms with Crippen molar-refractivity contribution in [3.63, 3.8) is 0 Å². The van der Waals surface area contributed by atoms with Crippen molar-refractivity contribution >= 4 is 11.6 Å². The Bertz CT molecular complexity index is 479. The molecule has 1 fully saturated rings. The van der Waals surface area contributed by atoms with Gasteiger partial charge >= 0.3 is 0 Å². The standard InChI is InChI=1S/C18H28N2O/c1-5-11-18(12-6-13-19-18)16(21)20-15-9-7-14(8-10-15)17(2,3)4/h7-10,19H,5-6,11-13H2,1-4H3,(H,20,21). The Morgan fingerprint density at radius 2 is 1.95 bits per heavy atom. The fraction of sp³-hybridized carbons (Fsp3) is 0.611. The zero-order chi connectivity index (χ0) is 15.5. The number of carbonyl (C=O) groups excluding carboxylic acids is 1. The summed E-state index contributed by atoms with van der Waals surface area (Å²) >= 11 is 0. The monoisotopic (exact) mass is 288 g/mol.